The van der Waals surface area contributed by atoms with Crippen LogP contribution in [0.5, 0.6) is 0 Å². The van der Waals surface area contributed by atoms with Gasteiger partial charge in [0.15, 0.2) is 0 Å². The first-order valence-corrected chi connectivity index (χ1v) is 8.59. The topological polar surface area (TPSA) is 20.2 Å². The number of hydrogen-bond donors (Lipinski definition) is 1. The maximum absolute atomic E-state index is 10.7. The van der Waals surface area contributed by atoms with E-state index in [-0.39, 0.29) is 5.60 Å². The van der Waals surface area contributed by atoms with Crippen LogP contribution in [0.25, 0.3) is 0 Å². The Bertz CT molecular complexity index is 161. The highest BCUT2D eigenvalue weighted by Crippen LogP contribution is 2.27. The molecule has 104 valence electrons. The monoisotopic (exact) mass is 306 g/mol. The number of unbranched alkanes of at least 4 members (excludes halogenated alkanes) is 5. The van der Waals surface area contributed by atoms with Gasteiger partial charge in [0.2, 0.25) is 0 Å². The zero-order valence-corrected chi connectivity index (χ0v) is 13.4. The summed E-state index contributed by atoms with van der Waals surface area (Å²) in [7, 11) is 0. The summed E-state index contributed by atoms with van der Waals surface area (Å²) in [6, 6.07) is 0. The van der Waals surface area contributed by atoms with E-state index in [1.54, 1.807) is 0 Å². The summed E-state index contributed by atoms with van der Waals surface area (Å²) in [4.78, 5) is 0. The van der Waals surface area contributed by atoms with Gasteiger partial charge >= 0.3 is 0 Å². The Labute approximate surface area is 117 Å². The van der Waals surface area contributed by atoms with Crippen molar-refractivity contribution in [2.75, 3.05) is 5.33 Å². The predicted octanol–water partition coefficient (Wildman–Crippen LogP) is 5.44. The summed E-state index contributed by atoms with van der Waals surface area (Å²) in [5.74, 6) is 0. The molecule has 0 fully saturated rings. The molecule has 1 atom stereocenters. The number of rotatable bonds is 12. The van der Waals surface area contributed by atoms with E-state index < -0.39 is 0 Å². The van der Waals surface area contributed by atoms with Crippen LogP contribution in [0.1, 0.15) is 84.5 Å². The van der Waals surface area contributed by atoms with Crippen LogP contribution >= 0.6 is 15.9 Å². The van der Waals surface area contributed by atoms with Crippen molar-refractivity contribution < 1.29 is 5.11 Å². The van der Waals surface area contributed by atoms with E-state index >= 15 is 0 Å². The Morgan fingerprint density at radius 2 is 1.29 bits per heavy atom. The predicted molar refractivity (Wildman–Crippen MR) is 80.9 cm³/mol. The second-order valence-corrected chi connectivity index (χ2v) is 6.08. The van der Waals surface area contributed by atoms with Crippen molar-refractivity contribution in [3.05, 3.63) is 0 Å². The Hall–Kier alpha value is 0.440. The summed E-state index contributed by atoms with van der Waals surface area (Å²) >= 11 is 3.46. The Kier molecular flexibility index (Phi) is 11.8. The number of alkyl halides is 1. The van der Waals surface area contributed by atoms with Crippen LogP contribution in [0.2, 0.25) is 0 Å². The molecule has 2 heteroatoms. The summed E-state index contributed by atoms with van der Waals surface area (Å²) in [6.07, 6.45) is 12.8. The second-order valence-electron chi connectivity index (χ2n) is 5.28. The highest BCUT2D eigenvalue weighted by atomic mass is 79.9. The van der Waals surface area contributed by atoms with Crippen molar-refractivity contribution in [3.63, 3.8) is 0 Å². The van der Waals surface area contributed by atoms with E-state index in [4.69, 9.17) is 0 Å². The lowest BCUT2D eigenvalue weighted by Crippen LogP contribution is -2.28. The molecule has 0 aliphatic rings. The normalized spacial score (nSPS) is 14.8. The first-order chi connectivity index (χ1) is 8.18. The third-order valence-electron chi connectivity index (χ3n) is 3.52. The minimum atomic E-state index is -0.369. The Morgan fingerprint density at radius 3 is 1.82 bits per heavy atom. The van der Waals surface area contributed by atoms with Crippen molar-refractivity contribution in [3.8, 4) is 0 Å². The third kappa shape index (κ3) is 10.1. The lowest BCUT2D eigenvalue weighted by molar-refractivity contribution is 0.00799. The first-order valence-electron chi connectivity index (χ1n) is 7.47. The summed E-state index contributed by atoms with van der Waals surface area (Å²) in [5.41, 5.74) is -0.369. The minimum absolute atomic E-state index is 0.369. The van der Waals surface area contributed by atoms with E-state index in [2.05, 4.69) is 29.8 Å². The summed E-state index contributed by atoms with van der Waals surface area (Å²) < 4.78 is 0. The molecule has 0 heterocycles. The molecular formula is C15H31BrO. The first kappa shape index (κ1) is 17.4. The molecule has 0 aliphatic heterocycles. The highest BCUT2D eigenvalue weighted by molar-refractivity contribution is 9.09. The molecule has 1 unspecified atom stereocenters. The van der Waals surface area contributed by atoms with Crippen molar-refractivity contribution in [1.82, 2.24) is 0 Å². The quantitative estimate of drug-likeness (QED) is 0.376. The molecule has 0 amide bonds. The van der Waals surface area contributed by atoms with Crippen LogP contribution in [0, 0.1) is 0 Å². The molecule has 0 spiro atoms. The molecule has 0 bridgehead atoms. The van der Waals surface area contributed by atoms with Gasteiger partial charge in [0.1, 0.15) is 0 Å². The van der Waals surface area contributed by atoms with Gasteiger partial charge in [-0.1, -0.05) is 68.3 Å². The second kappa shape index (κ2) is 11.5. The average Bonchev–Trinajstić information content (AvgIpc) is 2.33. The van der Waals surface area contributed by atoms with Gasteiger partial charge in [-0.25, -0.2) is 0 Å². The molecule has 0 aromatic carbocycles. The lowest BCUT2D eigenvalue weighted by atomic mass is 9.86. The molecule has 0 saturated heterocycles. The van der Waals surface area contributed by atoms with Crippen molar-refractivity contribution in [1.29, 1.82) is 0 Å². The molecule has 1 N–H and O–H groups in total. The molecule has 17 heavy (non-hydrogen) atoms. The average molecular weight is 307 g/mol. The van der Waals surface area contributed by atoms with Gasteiger partial charge in [-0.2, -0.15) is 0 Å². The highest BCUT2D eigenvalue weighted by Gasteiger charge is 2.24. The van der Waals surface area contributed by atoms with Gasteiger partial charge in [-0.15, -0.1) is 0 Å². The third-order valence-corrected chi connectivity index (χ3v) is 4.08. The molecule has 0 rings (SSSR count). The lowest BCUT2D eigenvalue weighted by Gasteiger charge is -2.28. The largest absolute Gasteiger partial charge is 0.390 e. The summed E-state index contributed by atoms with van der Waals surface area (Å²) in [5, 5.41) is 11.7. The van der Waals surface area contributed by atoms with Crippen LogP contribution < -0.4 is 0 Å². The zero-order chi connectivity index (χ0) is 13.0. The van der Waals surface area contributed by atoms with Crippen molar-refractivity contribution >= 4 is 15.9 Å². The fraction of sp³-hybridized carbons (Fsp3) is 1.00. The molecule has 1 nitrogen and oxygen atoms in total. The Balaban J connectivity index is 3.90. The SMILES string of the molecule is CCCCCCC(O)(CCCC)CCCCBr. The van der Waals surface area contributed by atoms with E-state index in [1.165, 1.54) is 44.9 Å². The zero-order valence-electron chi connectivity index (χ0n) is 11.8. The van der Waals surface area contributed by atoms with Gasteiger partial charge in [-0.05, 0) is 32.1 Å². The fourth-order valence-electron chi connectivity index (χ4n) is 2.31. The smallest absolute Gasteiger partial charge is 0.0647 e. The molecule has 0 saturated carbocycles. The maximum Gasteiger partial charge on any atom is 0.0647 e. The molecule has 0 radical (unpaired) electrons. The van der Waals surface area contributed by atoms with Crippen LogP contribution in [0.4, 0.5) is 0 Å². The number of aliphatic hydroxyl groups is 1. The number of hydrogen-bond acceptors (Lipinski definition) is 1. The van der Waals surface area contributed by atoms with Gasteiger partial charge in [0.05, 0.1) is 5.60 Å². The van der Waals surface area contributed by atoms with Gasteiger partial charge in [-0.3, -0.25) is 0 Å². The van der Waals surface area contributed by atoms with Crippen molar-refractivity contribution in [2.45, 2.75) is 90.1 Å². The molecule has 0 aliphatic carbocycles. The fourth-order valence-corrected chi connectivity index (χ4v) is 2.71. The van der Waals surface area contributed by atoms with Crippen LogP contribution in [0.15, 0.2) is 0 Å². The van der Waals surface area contributed by atoms with Crippen molar-refractivity contribution in [2.24, 2.45) is 0 Å². The van der Waals surface area contributed by atoms with Gasteiger partial charge in [0, 0.05) is 5.33 Å². The maximum atomic E-state index is 10.7. The number of halogens is 1. The van der Waals surface area contributed by atoms with Gasteiger partial charge < -0.3 is 5.11 Å². The molecular weight excluding hydrogens is 276 g/mol. The van der Waals surface area contributed by atoms with E-state index in [1.807, 2.05) is 0 Å². The van der Waals surface area contributed by atoms with E-state index in [0.717, 1.165) is 31.0 Å². The Morgan fingerprint density at radius 1 is 0.765 bits per heavy atom. The van der Waals surface area contributed by atoms with E-state index in [9.17, 15) is 5.11 Å². The van der Waals surface area contributed by atoms with E-state index in [0.29, 0.717) is 0 Å². The molecule has 0 aromatic rings. The minimum Gasteiger partial charge on any atom is -0.390 e. The molecule has 0 aromatic heterocycles. The van der Waals surface area contributed by atoms with Crippen LogP contribution in [0.3, 0.4) is 0 Å². The van der Waals surface area contributed by atoms with Gasteiger partial charge in [0.25, 0.3) is 0 Å². The standard InChI is InChI=1S/C15H31BrO/c1-3-5-7-8-12-15(17,11-6-4-2)13-9-10-14-16/h17H,3-14H2,1-2H3. The summed E-state index contributed by atoms with van der Waals surface area (Å²) in [6.45, 7) is 4.44. The van der Waals surface area contributed by atoms with Crippen LogP contribution in [-0.4, -0.2) is 16.0 Å². The van der Waals surface area contributed by atoms with Crippen LogP contribution in [-0.2, 0) is 0 Å².